The standard InChI is InChI=1S/C14H25N3O/c1-11(10-18-4)16-13-15-7-8-17(13)12-5-6-14(2,3)9-12/h7-8,11-12H,5-6,9-10H2,1-4H3,(H,15,16). The normalized spacial score (nSPS) is 24.1. The molecule has 102 valence electrons. The van der Waals surface area contributed by atoms with Crippen molar-refractivity contribution < 1.29 is 4.74 Å². The van der Waals surface area contributed by atoms with E-state index in [9.17, 15) is 0 Å². The molecule has 1 aliphatic carbocycles. The van der Waals surface area contributed by atoms with Crippen LogP contribution in [0.5, 0.6) is 0 Å². The van der Waals surface area contributed by atoms with E-state index in [0.717, 1.165) is 5.95 Å². The molecule has 1 aromatic rings. The third-order valence-corrected chi connectivity index (χ3v) is 3.80. The molecule has 1 fully saturated rings. The lowest BCUT2D eigenvalue weighted by Crippen LogP contribution is -2.24. The van der Waals surface area contributed by atoms with E-state index in [1.54, 1.807) is 7.11 Å². The van der Waals surface area contributed by atoms with Gasteiger partial charge in [-0.15, -0.1) is 0 Å². The zero-order chi connectivity index (χ0) is 13.2. The van der Waals surface area contributed by atoms with Gasteiger partial charge in [0.05, 0.1) is 6.61 Å². The van der Waals surface area contributed by atoms with Crippen LogP contribution >= 0.6 is 0 Å². The van der Waals surface area contributed by atoms with Gasteiger partial charge in [-0.1, -0.05) is 13.8 Å². The molecule has 0 aromatic carbocycles. The van der Waals surface area contributed by atoms with Gasteiger partial charge in [0, 0.05) is 31.6 Å². The molecular formula is C14H25N3O. The number of anilines is 1. The van der Waals surface area contributed by atoms with Crippen LogP contribution in [0.2, 0.25) is 0 Å². The number of ether oxygens (including phenoxy) is 1. The van der Waals surface area contributed by atoms with Crippen LogP contribution in [0.25, 0.3) is 0 Å². The molecule has 18 heavy (non-hydrogen) atoms. The second-order valence-electron chi connectivity index (χ2n) is 6.22. The predicted molar refractivity (Wildman–Crippen MR) is 73.9 cm³/mol. The largest absolute Gasteiger partial charge is 0.383 e. The molecule has 1 saturated carbocycles. The van der Waals surface area contributed by atoms with Crippen molar-refractivity contribution in [3.8, 4) is 0 Å². The zero-order valence-electron chi connectivity index (χ0n) is 11.9. The molecule has 4 nitrogen and oxygen atoms in total. The van der Waals surface area contributed by atoms with E-state index in [1.165, 1.54) is 19.3 Å². The van der Waals surface area contributed by atoms with Crippen LogP contribution in [0.15, 0.2) is 12.4 Å². The minimum atomic E-state index is 0.283. The Morgan fingerprint density at radius 1 is 1.61 bits per heavy atom. The fourth-order valence-corrected chi connectivity index (χ4v) is 2.87. The van der Waals surface area contributed by atoms with Gasteiger partial charge in [0.1, 0.15) is 0 Å². The average Bonchev–Trinajstić information content (AvgIpc) is 2.85. The summed E-state index contributed by atoms with van der Waals surface area (Å²) in [5.41, 5.74) is 0.463. The van der Waals surface area contributed by atoms with Crippen LogP contribution in [0.1, 0.15) is 46.1 Å². The number of methoxy groups -OCH3 is 1. The van der Waals surface area contributed by atoms with Crippen LogP contribution in [0.4, 0.5) is 5.95 Å². The van der Waals surface area contributed by atoms with Crippen molar-refractivity contribution in [2.75, 3.05) is 19.0 Å². The maximum atomic E-state index is 5.15. The Morgan fingerprint density at radius 3 is 3.00 bits per heavy atom. The van der Waals surface area contributed by atoms with Crippen molar-refractivity contribution in [1.29, 1.82) is 0 Å². The second-order valence-corrected chi connectivity index (χ2v) is 6.22. The van der Waals surface area contributed by atoms with Crippen LogP contribution in [-0.2, 0) is 4.74 Å². The van der Waals surface area contributed by atoms with Gasteiger partial charge in [0.15, 0.2) is 0 Å². The minimum Gasteiger partial charge on any atom is -0.383 e. The summed E-state index contributed by atoms with van der Waals surface area (Å²) in [5, 5.41) is 3.42. The molecule has 0 radical (unpaired) electrons. The molecule has 1 aliphatic rings. The molecule has 2 rings (SSSR count). The topological polar surface area (TPSA) is 39.1 Å². The number of nitrogens with zero attached hydrogens (tertiary/aromatic N) is 2. The summed E-state index contributed by atoms with van der Waals surface area (Å²) < 4.78 is 7.44. The van der Waals surface area contributed by atoms with Gasteiger partial charge in [0.25, 0.3) is 0 Å². The van der Waals surface area contributed by atoms with E-state index in [4.69, 9.17) is 4.74 Å². The molecule has 0 bridgehead atoms. The van der Waals surface area contributed by atoms with Crippen molar-refractivity contribution in [2.45, 2.75) is 52.1 Å². The first-order valence-corrected chi connectivity index (χ1v) is 6.80. The summed E-state index contributed by atoms with van der Waals surface area (Å²) in [6.45, 7) is 7.51. The summed E-state index contributed by atoms with van der Waals surface area (Å²) in [7, 11) is 1.73. The molecule has 1 aromatic heterocycles. The molecule has 0 aliphatic heterocycles. The van der Waals surface area contributed by atoms with Crippen molar-refractivity contribution in [2.24, 2.45) is 5.41 Å². The lowest BCUT2D eigenvalue weighted by Gasteiger charge is -2.21. The van der Waals surface area contributed by atoms with E-state index >= 15 is 0 Å². The van der Waals surface area contributed by atoms with Gasteiger partial charge in [-0.05, 0) is 31.6 Å². The van der Waals surface area contributed by atoms with E-state index < -0.39 is 0 Å². The maximum Gasteiger partial charge on any atom is 0.203 e. The van der Waals surface area contributed by atoms with Crippen LogP contribution in [-0.4, -0.2) is 29.3 Å². The third kappa shape index (κ3) is 3.05. The number of nitrogens with one attached hydrogen (secondary N) is 1. The first kappa shape index (κ1) is 13.4. The van der Waals surface area contributed by atoms with Gasteiger partial charge >= 0.3 is 0 Å². The average molecular weight is 251 g/mol. The van der Waals surface area contributed by atoms with E-state index in [1.807, 2.05) is 6.20 Å². The van der Waals surface area contributed by atoms with Crippen molar-refractivity contribution in [1.82, 2.24) is 9.55 Å². The Bertz CT molecular complexity index is 386. The quantitative estimate of drug-likeness (QED) is 0.874. The molecule has 1 heterocycles. The lowest BCUT2D eigenvalue weighted by molar-refractivity contribution is 0.190. The Kier molecular flexibility index (Phi) is 3.95. The van der Waals surface area contributed by atoms with Gasteiger partial charge in [-0.2, -0.15) is 0 Å². The third-order valence-electron chi connectivity index (χ3n) is 3.80. The fourth-order valence-electron chi connectivity index (χ4n) is 2.87. The first-order chi connectivity index (χ1) is 8.52. The number of aromatic nitrogens is 2. The van der Waals surface area contributed by atoms with Crippen molar-refractivity contribution in [3.63, 3.8) is 0 Å². The highest BCUT2D eigenvalue weighted by Crippen LogP contribution is 2.44. The summed E-state index contributed by atoms with van der Waals surface area (Å²) in [6, 6.07) is 0.866. The summed E-state index contributed by atoms with van der Waals surface area (Å²) in [5.74, 6) is 0.974. The van der Waals surface area contributed by atoms with Gasteiger partial charge in [0.2, 0.25) is 5.95 Å². The smallest absolute Gasteiger partial charge is 0.203 e. The van der Waals surface area contributed by atoms with Crippen LogP contribution in [0, 0.1) is 5.41 Å². The summed E-state index contributed by atoms with van der Waals surface area (Å²) >= 11 is 0. The SMILES string of the molecule is COCC(C)Nc1nccn1C1CCC(C)(C)C1. The van der Waals surface area contributed by atoms with Gasteiger partial charge in [-0.25, -0.2) is 4.98 Å². The summed E-state index contributed by atoms with van der Waals surface area (Å²) in [4.78, 5) is 4.43. The molecule has 0 amide bonds. The van der Waals surface area contributed by atoms with Crippen LogP contribution in [0.3, 0.4) is 0 Å². The monoisotopic (exact) mass is 251 g/mol. The van der Waals surface area contributed by atoms with Gasteiger partial charge in [-0.3, -0.25) is 0 Å². The molecule has 2 unspecified atom stereocenters. The predicted octanol–water partition coefficient (Wildman–Crippen LogP) is 3.08. The highest BCUT2D eigenvalue weighted by atomic mass is 16.5. The molecule has 0 saturated heterocycles. The minimum absolute atomic E-state index is 0.283. The molecule has 1 N–H and O–H groups in total. The number of hydrogen-bond acceptors (Lipinski definition) is 3. The summed E-state index contributed by atoms with van der Waals surface area (Å²) in [6.07, 6.45) is 7.75. The Morgan fingerprint density at radius 2 is 2.39 bits per heavy atom. The van der Waals surface area contributed by atoms with Crippen molar-refractivity contribution in [3.05, 3.63) is 12.4 Å². The number of rotatable bonds is 5. The maximum absolute atomic E-state index is 5.15. The lowest BCUT2D eigenvalue weighted by atomic mass is 9.92. The highest BCUT2D eigenvalue weighted by molar-refractivity contribution is 5.28. The highest BCUT2D eigenvalue weighted by Gasteiger charge is 2.32. The number of hydrogen-bond donors (Lipinski definition) is 1. The molecule has 2 atom stereocenters. The van der Waals surface area contributed by atoms with E-state index in [-0.39, 0.29) is 6.04 Å². The van der Waals surface area contributed by atoms with Crippen molar-refractivity contribution >= 4 is 5.95 Å². The number of imidazole rings is 1. The Balaban J connectivity index is 2.04. The Labute approximate surface area is 110 Å². The first-order valence-electron chi connectivity index (χ1n) is 6.80. The molecule has 0 spiro atoms. The molecule has 4 heteroatoms. The van der Waals surface area contributed by atoms with Gasteiger partial charge < -0.3 is 14.6 Å². The van der Waals surface area contributed by atoms with Crippen LogP contribution < -0.4 is 5.32 Å². The molecular weight excluding hydrogens is 226 g/mol. The van der Waals surface area contributed by atoms with E-state index in [0.29, 0.717) is 18.1 Å². The van der Waals surface area contributed by atoms with E-state index in [2.05, 4.69) is 41.8 Å². The fraction of sp³-hybridized carbons (Fsp3) is 0.786. The second kappa shape index (κ2) is 5.31. The zero-order valence-corrected chi connectivity index (χ0v) is 11.9. The Hall–Kier alpha value is -1.03.